The molecule has 0 aliphatic heterocycles. The maximum Gasteiger partial charge on any atom is 0.0560 e. The van der Waals surface area contributed by atoms with E-state index in [4.69, 9.17) is 0 Å². The van der Waals surface area contributed by atoms with Gasteiger partial charge in [-0.1, -0.05) is 206 Å². The molecule has 0 saturated heterocycles. The number of hydrogen-bond acceptors (Lipinski definition) is 1. The van der Waals surface area contributed by atoms with Crippen LogP contribution in [0.15, 0.2) is 218 Å². The average Bonchev–Trinajstić information content (AvgIpc) is 3.32. The molecule has 0 radical (unpaired) electrons. The number of hydrogen-bond donors (Lipinski definition) is 0. The van der Waals surface area contributed by atoms with Crippen molar-refractivity contribution in [2.45, 2.75) is 31.2 Å². The summed E-state index contributed by atoms with van der Waals surface area (Å²) in [5.74, 6) is 0.640. The molecule has 11 rings (SSSR count). The number of fused-ring (bicyclic) bond motifs is 6. The van der Waals surface area contributed by atoms with Crippen LogP contribution in [0.2, 0.25) is 0 Å². The predicted octanol–water partition coefficient (Wildman–Crippen LogP) is 15.2. The van der Waals surface area contributed by atoms with E-state index >= 15 is 0 Å². The lowest BCUT2D eigenvalue weighted by Crippen LogP contribution is -2.35. The summed E-state index contributed by atoms with van der Waals surface area (Å²) in [5, 5.41) is 5.25. The minimum atomic E-state index is 0.115. The Labute approximate surface area is 347 Å². The van der Waals surface area contributed by atoms with E-state index in [0.29, 0.717) is 11.8 Å². The summed E-state index contributed by atoms with van der Waals surface area (Å²) in [6.45, 7) is 0. The molecule has 0 spiro atoms. The molecule has 1 nitrogen and oxygen atoms in total. The lowest BCUT2D eigenvalue weighted by Gasteiger charge is -2.40. The van der Waals surface area contributed by atoms with Crippen LogP contribution in [0, 0.1) is 5.92 Å². The van der Waals surface area contributed by atoms with Gasteiger partial charge < -0.3 is 4.90 Å². The molecule has 0 saturated carbocycles. The van der Waals surface area contributed by atoms with Crippen molar-refractivity contribution in [3.63, 3.8) is 0 Å². The maximum absolute atomic E-state index is 2.61. The van der Waals surface area contributed by atoms with E-state index in [0.717, 1.165) is 19.3 Å². The fourth-order valence-electron chi connectivity index (χ4n) is 10.0. The lowest BCUT2D eigenvalue weighted by atomic mass is 9.75. The summed E-state index contributed by atoms with van der Waals surface area (Å²) in [6.07, 6.45) is 29.3. The second-order valence-electron chi connectivity index (χ2n) is 16.1. The van der Waals surface area contributed by atoms with Crippen molar-refractivity contribution in [1.82, 2.24) is 0 Å². The first-order valence-corrected chi connectivity index (χ1v) is 21.2. The summed E-state index contributed by atoms with van der Waals surface area (Å²) >= 11 is 0. The van der Waals surface area contributed by atoms with Gasteiger partial charge in [0.2, 0.25) is 0 Å². The van der Waals surface area contributed by atoms with Gasteiger partial charge >= 0.3 is 0 Å². The molecule has 0 N–H and O–H groups in total. The summed E-state index contributed by atoms with van der Waals surface area (Å²) in [6, 6.07) is 56.0. The van der Waals surface area contributed by atoms with Gasteiger partial charge in [-0.05, 0) is 103 Å². The largest absolute Gasteiger partial charge is 0.334 e. The van der Waals surface area contributed by atoms with Crippen LogP contribution in [-0.2, 0) is 0 Å². The van der Waals surface area contributed by atoms with Crippen LogP contribution in [0.3, 0.4) is 0 Å². The Bertz CT molecular complexity index is 2970. The average molecular weight is 756 g/mol. The van der Waals surface area contributed by atoms with E-state index in [1.54, 1.807) is 0 Å². The molecule has 3 unspecified atom stereocenters. The molecule has 0 aromatic heterocycles. The van der Waals surface area contributed by atoms with Gasteiger partial charge in [0.25, 0.3) is 0 Å². The van der Waals surface area contributed by atoms with Gasteiger partial charge in [0.15, 0.2) is 0 Å². The monoisotopic (exact) mass is 755 g/mol. The first kappa shape index (κ1) is 35.2. The first-order chi connectivity index (χ1) is 29.3. The molecule has 0 heterocycles. The van der Waals surface area contributed by atoms with Gasteiger partial charge in [0.1, 0.15) is 0 Å². The molecule has 59 heavy (non-hydrogen) atoms. The van der Waals surface area contributed by atoms with Gasteiger partial charge in [-0.2, -0.15) is 0 Å². The third kappa shape index (κ3) is 6.26. The SMILES string of the molecule is C1=CC2C=C(N(c3ccc(-c4ccccc4-c4ccccc4)cc3)C3C=CC(c4c(C5=CCCC=C5)c5ccccc5c5ccccc45)=CC3)c3ccccc3C2C=C1. The van der Waals surface area contributed by atoms with Crippen LogP contribution in [0.25, 0.3) is 60.6 Å². The predicted molar refractivity (Wildman–Crippen MR) is 252 cm³/mol. The summed E-state index contributed by atoms with van der Waals surface area (Å²) < 4.78 is 0. The third-order valence-electron chi connectivity index (χ3n) is 12.8. The van der Waals surface area contributed by atoms with E-state index in [1.165, 1.54) is 88.6 Å². The van der Waals surface area contributed by atoms with Crippen molar-refractivity contribution < 1.29 is 0 Å². The Kier molecular flexibility index (Phi) is 9.01. The molecular formula is C58H45N. The van der Waals surface area contributed by atoms with E-state index in [1.807, 2.05) is 0 Å². The highest BCUT2D eigenvalue weighted by Gasteiger charge is 2.33. The van der Waals surface area contributed by atoms with Crippen molar-refractivity contribution in [3.8, 4) is 22.3 Å². The smallest absolute Gasteiger partial charge is 0.0560 e. The number of allylic oxidation sites excluding steroid dienone is 11. The molecule has 7 aromatic carbocycles. The number of nitrogens with zero attached hydrogens (tertiary/aromatic N) is 1. The van der Waals surface area contributed by atoms with Gasteiger partial charge in [0.05, 0.1) is 6.04 Å². The molecule has 282 valence electrons. The standard InChI is InChI=1S/C58H45N/c1-3-17-40(18-4-1)47-22-9-10-23-48(47)41-31-35-45(36-32-41)59(56-39-44-21-7-8-24-49(44)50-25-11-14-28-53(50)56)46-37-33-43(34-38-46)58-55-30-16-13-27-52(55)51-26-12-15-29-54(51)57(58)42-19-5-2-6-20-42/h1,3-5,7-37,39,44,46,49H,2,6,38H2. The van der Waals surface area contributed by atoms with Crippen LogP contribution in [0.5, 0.6) is 0 Å². The topological polar surface area (TPSA) is 3.24 Å². The van der Waals surface area contributed by atoms with E-state index in [9.17, 15) is 0 Å². The Balaban J connectivity index is 1.04. The van der Waals surface area contributed by atoms with Gasteiger partial charge in [-0.15, -0.1) is 0 Å². The minimum Gasteiger partial charge on any atom is -0.334 e. The molecule has 0 amide bonds. The zero-order valence-electron chi connectivity index (χ0n) is 33.1. The Morgan fingerprint density at radius 2 is 1.05 bits per heavy atom. The van der Waals surface area contributed by atoms with E-state index in [2.05, 4.69) is 223 Å². The van der Waals surface area contributed by atoms with Crippen LogP contribution in [0.4, 0.5) is 5.69 Å². The molecule has 3 atom stereocenters. The van der Waals surface area contributed by atoms with E-state index in [-0.39, 0.29) is 6.04 Å². The Morgan fingerprint density at radius 3 is 1.71 bits per heavy atom. The molecule has 4 aliphatic rings. The number of anilines is 1. The minimum absolute atomic E-state index is 0.115. The second-order valence-corrected chi connectivity index (χ2v) is 16.1. The fraction of sp³-hybridized carbons (Fsp3) is 0.103. The van der Waals surface area contributed by atoms with Crippen LogP contribution < -0.4 is 4.90 Å². The molecular weight excluding hydrogens is 711 g/mol. The van der Waals surface area contributed by atoms with Crippen molar-refractivity contribution in [1.29, 1.82) is 0 Å². The Hall–Kier alpha value is -6.96. The van der Waals surface area contributed by atoms with Gasteiger partial charge in [0, 0.05) is 28.8 Å². The zero-order valence-corrected chi connectivity index (χ0v) is 33.1. The zero-order chi connectivity index (χ0) is 39.1. The fourth-order valence-corrected chi connectivity index (χ4v) is 10.0. The highest BCUT2D eigenvalue weighted by Crippen LogP contribution is 2.47. The van der Waals surface area contributed by atoms with Crippen LogP contribution in [0.1, 0.15) is 47.4 Å². The summed E-state index contributed by atoms with van der Waals surface area (Å²) in [4.78, 5) is 2.61. The third-order valence-corrected chi connectivity index (χ3v) is 12.8. The molecule has 4 aliphatic carbocycles. The van der Waals surface area contributed by atoms with Crippen LogP contribution in [-0.4, -0.2) is 6.04 Å². The summed E-state index contributed by atoms with van der Waals surface area (Å²) in [7, 11) is 0. The highest BCUT2D eigenvalue weighted by atomic mass is 15.2. The Morgan fingerprint density at radius 1 is 0.458 bits per heavy atom. The normalized spacial score (nSPS) is 19.2. The van der Waals surface area contributed by atoms with Crippen molar-refractivity contribution in [3.05, 3.63) is 241 Å². The molecule has 0 bridgehead atoms. The molecule has 7 aromatic rings. The quantitative estimate of drug-likeness (QED) is 0.146. The van der Waals surface area contributed by atoms with Gasteiger partial charge in [-0.25, -0.2) is 0 Å². The second kappa shape index (κ2) is 15.1. The number of benzene rings is 7. The summed E-state index contributed by atoms with van der Waals surface area (Å²) in [5.41, 5.74) is 15.4. The van der Waals surface area contributed by atoms with E-state index < -0.39 is 0 Å². The van der Waals surface area contributed by atoms with Crippen molar-refractivity contribution >= 4 is 44.1 Å². The van der Waals surface area contributed by atoms with Crippen molar-refractivity contribution in [2.24, 2.45) is 5.92 Å². The number of rotatable bonds is 7. The lowest BCUT2D eigenvalue weighted by molar-refractivity contribution is 0.678. The van der Waals surface area contributed by atoms with Gasteiger partial charge in [-0.3, -0.25) is 0 Å². The van der Waals surface area contributed by atoms with Crippen molar-refractivity contribution in [2.75, 3.05) is 4.90 Å². The molecule has 0 fully saturated rings. The van der Waals surface area contributed by atoms with Crippen LogP contribution >= 0.6 is 0 Å². The first-order valence-electron chi connectivity index (χ1n) is 21.2. The molecule has 1 heteroatoms. The highest BCUT2D eigenvalue weighted by molar-refractivity contribution is 6.18. The maximum atomic E-state index is 2.61.